The zero-order valence-electron chi connectivity index (χ0n) is 18.0. The van der Waals surface area contributed by atoms with E-state index < -0.39 is 6.04 Å². The smallest absolute Gasteiger partial charge is 0.328 e. The molecule has 0 spiro atoms. The summed E-state index contributed by atoms with van der Waals surface area (Å²) in [6.07, 6.45) is 3.94. The van der Waals surface area contributed by atoms with Crippen LogP contribution in [0.1, 0.15) is 43.9 Å². The van der Waals surface area contributed by atoms with Crippen LogP contribution in [0.25, 0.3) is 0 Å². The van der Waals surface area contributed by atoms with Crippen LogP contribution in [-0.2, 0) is 41.9 Å². The Morgan fingerprint density at radius 3 is 2.69 bits per heavy atom. The van der Waals surface area contributed by atoms with Crippen LogP contribution in [0.4, 0.5) is 0 Å². The summed E-state index contributed by atoms with van der Waals surface area (Å²) in [6, 6.07) is 15.5. The van der Waals surface area contributed by atoms with Crippen LogP contribution in [0.2, 0.25) is 0 Å². The molecule has 1 atom stereocenters. The van der Waals surface area contributed by atoms with Gasteiger partial charge in [0.15, 0.2) is 0 Å². The van der Waals surface area contributed by atoms with Crippen molar-refractivity contribution in [2.75, 3.05) is 7.11 Å². The minimum absolute atomic E-state index is 0.149. The normalized spacial score (nSPS) is 16.9. The van der Waals surface area contributed by atoms with Gasteiger partial charge in [0.05, 0.1) is 12.0 Å². The Labute approximate surface area is 191 Å². The first kappa shape index (κ1) is 20.8. The predicted molar refractivity (Wildman–Crippen MR) is 123 cm³/mol. The molecular weight excluding hydrogens is 422 g/mol. The Hall–Kier alpha value is -3.12. The van der Waals surface area contributed by atoms with Gasteiger partial charge < -0.3 is 14.4 Å². The fraction of sp³-hybridized carbons (Fsp3) is 0.308. The number of fused-ring (bicyclic) bond motifs is 2. The van der Waals surface area contributed by atoms with Gasteiger partial charge in [0.1, 0.15) is 18.4 Å². The molecule has 0 bridgehead atoms. The van der Waals surface area contributed by atoms with Crippen molar-refractivity contribution in [2.45, 2.75) is 44.9 Å². The van der Waals surface area contributed by atoms with Gasteiger partial charge in [0.2, 0.25) is 0 Å². The first-order valence-electron chi connectivity index (χ1n) is 10.9. The minimum Gasteiger partial charge on any atom is -0.489 e. The lowest BCUT2D eigenvalue weighted by Crippen LogP contribution is -2.49. The third-order valence-corrected chi connectivity index (χ3v) is 7.29. The molecule has 5 nitrogen and oxygen atoms in total. The van der Waals surface area contributed by atoms with Gasteiger partial charge >= 0.3 is 5.97 Å². The molecule has 1 aromatic heterocycles. The molecule has 1 aliphatic heterocycles. The van der Waals surface area contributed by atoms with Crippen molar-refractivity contribution in [2.24, 2.45) is 0 Å². The van der Waals surface area contributed by atoms with E-state index in [4.69, 9.17) is 9.47 Å². The van der Waals surface area contributed by atoms with Crippen molar-refractivity contribution in [1.82, 2.24) is 4.90 Å². The number of esters is 1. The quantitative estimate of drug-likeness (QED) is 0.538. The van der Waals surface area contributed by atoms with E-state index in [0.717, 1.165) is 35.3 Å². The highest BCUT2D eigenvalue weighted by atomic mass is 32.1. The number of ether oxygens (including phenoxy) is 2. The van der Waals surface area contributed by atoms with Crippen molar-refractivity contribution in [1.29, 1.82) is 0 Å². The molecule has 1 unspecified atom stereocenters. The van der Waals surface area contributed by atoms with Crippen molar-refractivity contribution in [3.8, 4) is 5.75 Å². The van der Waals surface area contributed by atoms with E-state index >= 15 is 0 Å². The number of benzene rings is 2. The van der Waals surface area contributed by atoms with Crippen LogP contribution < -0.4 is 4.74 Å². The topological polar surface area (TPSA) is 55.8 Å². The number of nitrogens with zero attached hydrogens (tertiary/aromatic N) is 1. The summed E-state index contributed by atoms with van der Waals surface area (Å²) in [6.45, 7) is 0.805. The lowest BCUT2D eigenvalue weighted by Gasteiger charge is -2.34. The molecule has 32 heavy (non-hydrogen) atoms. The van der Waals surface area contributed by atoms with Gasteiger partial charge in [-0.2, -0.15) is 0 Å². The molecule has 0 saturated heterocycles. The highest BCUT2D eigenvalue weighted by Gasteiger charge is 2.36. The Kier molecular flexibility index (Phi) is 5.70. The lowest BCUT2D eigenvalue weighted by molar-refractivity contribution is -0.146. The van der Waals surface area contributed by atoms with Crippen LogP contribution >= 0.6 is 11.3 Å². The SMILES string of the molecule is COC(=O)C1Cc2ccccc2CN1C(=O)c1cc(COc2ccc3c(c2)CCC3)cs1. The predicted octanol–water partition coefficient (Wildman–Crippen LogP) is 4.56. The fourth-order valence-corrected chi connectivity index (χ4v) is 5.44. The molecule has 164 valence electrons. The van der Waals surface area contributed by atoms with Gasteiger partial charge in [-0.15, -0.1) is 11.3 Å². The van der Waals surface area contributed by atoms with Crippen LogP contribution in [0.3, 0.4) is 0 Å². The van der Waals surface area contributed by atoms with Gasteiger partial charge in [0, 0.05) is 18.5 Å². The first-order valence-corrected chi connectivity index (χ1v) is 11.8. The van der Waals surface area contributed by atoms with E-state index in [1.165, 1.54) is 36.0 Å². The molecule has 0 saturated carbocycles. The maximum atomic E-state index is 13.3. The molecule has 2 aromatic carbocycles. The minimum atomic E-state index is -0.615. The number of methoxy groups -OCH3 is 1. The standard InChI is InChI=1S/C26H25NO4S/c1-30-26(29)23-13-20-5-2-3-6-21(20)14-27(23)25(28)24-11-17(16-32-24)15-31-22-10-9-18-7-4-8-19(18)12-22/h2-3,5-6,9-12,16,23H,4,7-8,13-15H2,1H3. The van der Waals surface area contributed by atoms with E-state index in [0.29, 0.717) is 24.4 Å². The third kappa shape index (κ3) is 4.02. The molecule has 0 N–H and O–H groups in total. The number of aryl methyl sites for hydroxylation is 2. The molecule has 0 fully saturated rings. The average Bonchev–Trinajstić information content (AvgIpc) is 3.50. The molecule has 0 radical (unpaired) electrons. The zero-order valence-corrected chi connectivity index (χ0v) is 18.8. The van der Waals surface area contributed by atoms with Gasteiger partial charge in [-0.3, -0.25) is 4.79 Å². The molecular formula is C26H25NO4S. The summed E-state index contributed by atoms with van der Waals surface area (Å²) in [5, 5.41) is 1.95. The largest absolute Gasteiger partial charge is 0.489 e. The number of amides is 1. The van der Waals surface area contributed by atoms with Crippen LogP contribution in [0.5, 0.6) is 5.75 Å². The highest BCUT2D eigenvalue weighted by molar-refractivity contribution is 7.12. The van der Waals surface area contributed by atoms with Crippen molar-refractivity contribution in [3.05, 3.63) is 86.6 Å². The summed E-state index contributed by atoms with van der Waals surface area (Å²) in [5.41, 5.74) is 5.90. The maximum Gasteiger partial charge on any atom is 0.328 e. The van der Waals surface area contributed by atoms with Crippen LogP contribution in [0, 0.1) is 0 Å². The Balaban J connectivity index is 1.30. The van der Waals surface area contributed by atoms with E-state index in [2.05, 4.69) is 12.1 Å². The average molecular weight is 448 g/mol. The maximum absolute atomic E-state index is 13.3. The number of thiophene rings is 1. The lowest BCUT2D eigenvalue weighted by atomic mass is 9.93. The number of hydrogen-bond acceptors (Lipinski definition) is 5. The molecule has 6 heteroatoms. The number of rotatable bonds is 5. The van der Waals surface area contributed by atoms with Crippen molar-refractivity contribution in [3.63, 3.8) is 0 Å². The van der Waals surface area contributed by atoms with Crippen LogP contribution in [-0.4, -0.2) is 29.9 Å². The summed E-state index contributed by atoms with van der Waals surface area (Å²) in [5.74, 6) is 0.330. The first-order chi connectivity index (χ1) is 15.6. The molecule has 5 rings (SSSR count). The summed E-state index contributed by atoms with van der Waals surface area (Å²) in [4.78, 5) is 28.0. The molecule has 3 aromatic rings. The van der Waals surface area contributed by atoms with Crippen molar-refractivity contribution >= 4 is 23.2 Å². The van der Waals surface area contributed by atoms with Gasteiger partial charge in [-0.05, 0) is 65.1 Å². The van der Waals surface area contributed by atoms with Crippen molar-refractivity contribution < 1.29 is 19.1 Å². The second-order valence-corrected chi connectivity index (χ2v) is 9.25. The molecule has 1 amide bonds. The second-order valence-electron chi connectivity index (χ2n) is 8.34. The Bertz CT molecular complexity index is 1170. The van der Waals surface area contributed by atoms with E-state index in [-0.39, 0.29) is 11.9 Å². The zero-order chi connectivity index (χ0) is 22.1. The Morgan fingerprint density at radius 2 is 1.84 bits per heavy atom. The highest BCUT2D eigenvalue weighted by Crippen LogP contribution is 2.29. The van der Waals surface area contributed by atoms with E-state index in [1.807, 2.05) is 41.8 Å². The molecule has 1 aliphatic carbocycles. The monoisotopic (exact) mass is 447 g/mol. The number of carbonyl (C=O) groups excluding carboxylic acids is 2. The summed E-state index contributed by atoms with van der Waals surface area (Å²) in [7, 11) is 1.37. The van der Waals surface area contributed by atoms with E-state index in [1.54, 1.807) is 4.90 Å². The molecule has 2 heterocycles. The number of hydrogen-bond donors (Lipinski definition) is 0. The van der Waals surface area contributed by atoms with Gasteiger partial charge in [-0.25, -0.2) is 4.79 Å². The second kappa shape index (κ2) is 8.79. The number of carbonyl (C=O) groups is 2. The van der Waals surface area contributed by atoms with Gasteiger partial charge in [-0.1, -0.05) is 30.3 Å². The third-order valence-electron chi connectivity index (χ3n) is 6.32. The fourth-order valence-electron chi connectivity index (χ4n) is 4.59. The molecule has 2 aliphatic rings. The Morgan fingerprint density at radius 1 is 1.03 bits per heavy atom. The van der Waals surface area contributed by atoms with Gasteiger partial charge in [0.25, 0.3) is 5.91 Å². The summed E-state index contributed by atoms with van der Waals surface area (Å²) < 4.78 is 11.0. The van der Waals surface area contributed by atoms with Crippen LogP contribution in [0.15, 0.2) is 53.9 Å². The van der Waals surface area contributed by atoms with E-state index in [9.17, 15) is 9.59 Å². The summed E-state index contributed by atoms with van der Waals surface area (Å²) >= 11 is 1.39.